The molecular formula is C13H24ClNO2. The Morgan fingerprint density at radius 2 is 1.94 bits per heavy atom. The lowest BCUT2D eigenvalue weighted by Crippen LogP contribution is -2.42. The summed E-state index contributed by atoms with van der Waals surface area (Å²) >= 11 is 5.58. The van der Waals surface area contributed by atoms with Crippen LogP contribution in [0.5, 0.6) is 0 Å². The lowest BCUT2D eigenvalue weighted by molar-refractivity contribution is -0.135. The van der Waals surface area contributed by atoms with Gasteiger partial charge < -0.3 is 9.64 Å². The fraction of sp³-hybridized carbons (Fsp3) is 0.923. The molecule has 0 aromatic rings. The van der Waals surface area contributed by atoms with Crippen LogP contribution in [0.25, 0.3) is 0 Å². The summed E-state index contributed by atoms with van der Waals surface area (Å²) in [6, 6.07) is 0. The third-order valence-electron chi connectivity index (χ3n) is 2.91. The molecular weight excluding hydrogens is 238 g/mol. The maximum atomic E-state index is 12.0. The molecule has 17 heavy (non-hydrogen) atoms. The molecule has 1 fully saturated rings. The predicted molar refractivity (Wildman–Crippen MR) is 70.3 cm³/mol. The maximum absolute atomic E-state index is 12.0. The van der Waals surface area contributed by atoms with E-state index in [1.54, 1.807) is 0 Å². The van der Waals surface area contributed by atoms with Crippen molar-refractivity contribution in [2.75, 3.05) is 25.6 Å². The van der Waals surface area contributed by atoms with E-state index in [0.717, 1.165) is 25.9 Å². The maximum Gasteiger partial charge on any atom is 0.223 e. The Morgan fingerprint density at radius 1 is 1.35 bits per heavy atom. The van der Waals surface area contributed by atoms with Gasteiger partial charge in [0.2, 0.25) is 5.91 Å². The Morgan fingerprint density at radius 3 is 2.41 bits per heavy atom. The van der Waals surface area contributed by atoms with Gasteiger partial charge in [-0.1, -0.05) is 20.8 Å². The highest BCUT2D eigenvalue weighted by atomic mass is 35.5. The molecule has 1 aliphatic rings. The minimum absolute atomic E-state index is 0.0725. The van der Waals surface area contributed by atoms with Crippen LogP contribution in [-0.4, -0.2) is 42.5 Å². The fourth-order valence-corrected chi connectivity index (χ4v) is 2.14. The first-order valence-electron chi connectivity index (χ1n) is 6.38. The average molecular weight is 262 g/mol. The number of piperidine rings is 1. The topological polar surface area (TPSA) is 29.5 Å². The molecule has 1 saturated heterocycles. The van der Waals surface area contributed by atoms with Crippen molar-refractivity contribution in [1.29, 1.82) is 0 Å². The lowest BCUT2D eigenvalue weighted by atomic mass is 9.91. The molecule has 3 nitrogen and oxygen atoms in total. The zero-order valence-electron chi connectivity index (χ0n) is 11.2. The van der Waals surface area contributed by atoms with Crippen molar-refractivity contribution in [3.8, 4) is 0 Å². The van der Waals surface area contributed by atoms with Crippen molar-refractivity contribution in [2.45, 2.75) is 46.1 Å². The van der Waals surface area contributed by atoms with Crippen LogP contribution in [0.15, 0.2) is 0 Å². The van der Waals surface area contributed by atoms with E-state index in [4.69, 9.17) is 16.3 Å². The summed E-state index contributed by atoms with van der Waals surface area (Å²) in [5.41, 5.74) is 0.0725. The number of halogens is 1. The van der Waals surface area contributed by atoms with E-state index in [0.29, 0.717) is 18.9 Å². The molecule has 0 radical (unpaired) electrons. The summed E-state index contributed by atoms with van der Waals surface area (Å²) < 4.78 is 5.59. The van der Waals surface area contributed by atoms with E-state index in [1.165, 1.54) is 0 Å². The number of carbonyl (C=O) groups excluding carboxylic acids is 1. The molecule has 0 aromatic heterocycles. The largest absolute Gasteiger partial charge is 0.377 e. The van der Waals surface area contributed by atoms with Gasteiger partial charge in [-0.3, -0.25) is 4.79 Å². The van der Waals surface area contributed by atoms with E-state index >= 15 is 0 Å². The van der Waals surface area contributed by atoms with E-state index in [9.17, 15) is 4.79 Å². The number of carbonyl (C=O) groups is 1. The summed E-state index contributed by atoms with van der Waals surface area (Å²) in [5, 5.41) is 0. The Bertz CT molecular complexity index is 242. The van der Waals surface area contributed by atoms with E-state index in [-0.39, 0.29) is 17.4 Å². The second kappa shape index (κ2) is 6.60. The highest BCUT2D eigenvalue weighted by molar-refractivity contribution is 6.17. The number of ether oxygens (including phenoxy) is 1. The van der Waals surface area contributed by atoms with Gasteiger partial charge in [-0.25, -0.2) is 0 Å². The quantitative estimate of drug-likeness (QED) is 0.729. The van der Waals surface area contributed by atoms with Crippen molar-refractivity contribution >= 4 is 17.5 Å². The van der Waals surface area contributed by atoms with Gasteiger partial charge in [0, 0.05) is 25.4 Å². The molecule has 0 N–H and O–H groups in total. The Balaban J connectivity index is 2.29. The van der Waals surface area contributed by atoms with E-state index < -0.39 is 0 Å². The monoisotopic (exact) mass is 261 g/mol. The van der Waals surface area contributed by atoms with E-state index in [2.05, 4.69) is 20.8 Å². The third-order valence-corrected chi connectivity index (χ3v) is 3.06. The van der Waals surface area contributed by atoms with Gasteiger partial charge >= 0.3 is 0 Å². The fourth-order valence-electron chi connectivity index (χ4n) is 2.05. The van der Waals surface area contributed by atoms with Gasteiger partial charge in [-0.2, -0.15) is 0 Å². The summed E-state index contributed by atoms with van der Waals surface area (Å²) in [6.07, 6.45) is 2.78. The molecule has 4 heteroatoms. The van der Waals surface area contributed by atoms with Crippen molar-refractivity contribution in [2.24, 2.45) is 5.41 Å². The molecule has 0 unspecified atom stereocenters. The normalized spacial score (nSPS) is 18.5. The number of hydrogen-bond acceptors (Lipinski definition) is 2. The number of rotatable bonds is 4. The Kier molecular flexibility index (Phi) is 5.74. The van der Waals surface area contributed by atoms with Crippen molar-refractivity contribution in [3.63, 3.8) is 0 Å². The SMILES string of the molecule is CC(C)(C)CC(=O)N1CCC(OCCCl)CC1. The van der Waals surface area contributed by atoms with Crippen LogP contribution >= 0.6 is 11.6 Å². The molecule has 1 heterocycles. The van der Waals surface area contributed by atoms with Gasteiger partial charge in [0.25, 0.3) is 0 Å². The van der Waals surface area contributed by atoms with Crippen LogP contribution in [0.1, 0.15) is 40.0 Å². The predicted octanol–water partition coefficient (Wildman–Crippen LogP) is 2.67. The zero-order valence-corrected chi connectivity index (χ0v) is 11.9. The van der Waals surface area contributed by atoms with Crippen LogP contribution in [0.2, 0.25) is 0 Å². The summed E-state index contributed by atoms with van der Waals surface area (Å²) in [4.78, 5) is 14.0. The molecule has 1 aliphatic heterocycles. The Labute approximate surface area is 109 Å². The van der Waals surface area contributed by atoms with Crippen molar-refractivity contribution in [1.82, 2.24) is 4.90 Å². The highest BCUT2D eigenvalue weighted by Gasteiger charge is 2.25. The molecule has 1 amide bonds. The molecule has 100 valence electrons. The number of amides is 1. The second-order valence-electron chi connectivity index (χ2n) is 5.88. The van der Waals surface area contributed by atoms with Gasteiger partial charge in [0.05, 0.1) is 12.7 Å². The lowest BCUT2D eigenvalue weighted by Gasteiger charge is -2.33. The van der Waals surface area contributed by atoms with E-state index in [1.807, 2.05) is 4.90 Å². The smallest absolute Gasteiger partial charge is 0.223 e. The molecule has 0 spiro atoms. The van der Waals surface area contributed by atoms with Crippen LogP contribution < -0.4 is 0 Å². The third kappa shape index (κ3) is 5.73. The first-order valence-corrected chi connectivity index (χ1v) is 6.91. The molecule has 1 rings (SSSR count). The Hall–Kier alpha value is -0.280. The zero-order chi connectivity index (χ0) is 12.9. The molecule has 0 atom stereocenters. The van der Waals surface area contributed by atoms with Gasteiger partial charge in [0.1, 0.15) is 0 Å². The number of nitrogens with zero attached hydrogens (tertiary/aromatic N) is 1. The number of likely N-dealkylation sites (tertiary alicyclic amines) is 1. The summed E-state index contributed by atoms with van der Waals surface area (Å²) in [6.45, 7) is 8.55. The number of alkyl halides is 1. The van der Waals surface area contributed by atoms with Crippen molar-refractivity contribution < 1.29 is 9.53 Å². The molecule has 0 bridgehead atoms. The van der Waals surface area contributed by atoms with Gasteiger partial charge in [0.15, 0.2) is 0 Å². The summed E-state index contributed by atoms with van der Waals surface area (Å²) in [7, 11) is 0. The second-order valence-corrected chi connectivity index (χ2v) is 6.26. The molecule has 0 aromatic carbocycles. The van der Waals surface area contributed by atoms with Crippen molar-refractivity contribution in [3.05, 3.63) is 0 Å². The molecule has 0 aliphatic carbocycles. The first kappa shape index (κ1) is 14.8. The van der Waals surface area contributed by atoms with Crippen LogP contribution in [-0.2, 0) is 9.53 Å². The van der Waals surface area contributed by atoms with Gasteiger partial charge in [-0.05, 0) is 18.3 Å². The van der Waals surface area contributed by atoms with Crippen LogP contribution in [0.4, 0.5) is 0 Å². The number of hydrogen-bond donors (Lipinski definition) is 0. The highest BCUT2D eigenvalue weighted by Crippen LogP contribution is 2.22. The average Bonchev–Trinajstić information content (AvgIpc) is 2.24. The first-order chi connectivity index (χ1) is 7.92. The minimum atomic E-state index is 0.0725. The van der Waals surface area contributed by atoms with Crippen LogP contribution in [0, 0.1) is 5.41 Å². The van der Waals surface area contributed by atoms with Gasteiger partial charge in [-0.15, -0.1) is 11.6 Å². The van der Waals surface area contributed by atoms with Crippen LogP contribution in [0.3, 0.4) is 0 Å². The minimum Gasteiger partial charge on any atom is -0.377 e. The standard InChI is InChI=1S/C13H24ClNO2/c1-13(2,3)10-12(16)15-7-4-11(5-8-15)17-9-6-14/h11H,4-10H2,1-3H3. The molecule has 0 saturated carbocycles. The summed E-state index contributed by atoms with van der Waals surface area (Å²) in [5.74, 6) is 0.816.